The van der Waals surface area contributed by atoms with E-state index in [0.29, 0.717) is 0 Å². The zero-order chi connectivity index (χ0) is 12.8. The van der Waals surface area contributed by atoms with Crippen LogP contribution in [0.3, 0.4) is 0 Å². The minimum absolute atomic E-state index is 0.279. The molecule has 1 aromatic rings. The molecule has 1 unspecified atom stereocenters. The summed E-state index contributed by atoms with van der Waals surface area (Å²) in [5, 5.41) is 0.857. The molecule has 0 saturated heterocycles. The number of nitrogens with one attached hydrogen (secondary N) is 1. The Balaban J connectivity index is 1.89. The first kappa shape index (κ1) is 13.9. The summed E-state index contributed by atoms with van der Waals surface area (Å²) in [6.07, 6.45) is 6.68. The van der Waals surface area contributed by atoms with Crippen LogP contribution in [0.1, 0.15) is 49.8 Å². The molecule has 1 fully saturated rings. The molecule has 0 spiro atoms. The molecule has 1 aliphatic carbocycles. The summed E-state index contributed by atoms with van der Waals surface area (Å²) in [5.74, 6) is 6.77. The Labute approximate surface area is 115 Å². The smallest absolute Gasteiger partial charge is 0.0550 e. The zero-order valence-electron chi connectivity index (χ0n) is 11.2. The fourth-order valence-electron chi connectivity index (χ4n) is 2.51. The second kappa shape index (κ2) is 7.17. The lowest BCUT2D eigenvalue weighted by atomic mass is 10.1. The predicted molar refractivity (Wildman–Crippen MR) is 80.6 cm³/mol. The molecule has 2 rings (SSSR count). The minimum atomic E-state index is 0.279. The van der Waals surface area contributed by atoms with Gasteiger partial charge in [0.1, 0.15) is 0 Å². The van der Waals surface area contributed by atoms with Gasteiger partial charge in [-0.2, -0.15) is 11.8 Å². The Morgan fingerprint density at radius 1 is 1.28 bits per heavy atom. The standard InChI is InChI=1S/C15H24N2S/c1-2-12-7-9-13(10-8-12)15(17-16)11-18-14-5-3-4-6-14/h7-10,14-15,17H,2-6,11,16H2,1H3. The van der Waals surface area contributed by atoms with Crippen molar-refractivity contribution < 1.29 is 0 Å². The van der Waals surface area contributed by atoms with Gasteiger partial charge in [-0.25, -0.2) is 0 Å². The monoisotopic (exact) mass is 264 g/mol. The van der Waals surface area contributed by atoms with Crippen molar-refractivity contribution in [1.82, 2.24) is 5.43 Å². The minimum Gasteiger partial charge on any atom is -0.271 e. The van der Waals surface area contributed by atoms with Gasteiger partial charge in [0.05, 0.1) is 6.04 Å². The van der Waals surface area contributed by atoms with Crippen molar-refractivity contribution in [3.63, 3.8) is 0 Å². The van der Waals surface area contributed by atoms with E-state index in [1.165, 1.54) is 36.8 Å². The molecule has 18 heavy (non-hydrogen) atoms. The average Bonchev–Trinajstić information content (AvgIpc) is 2.93. The maximum atomic E-state index is 5.70. The van der Waals surface area contributed by atoms with Crippen LogP contribution in [0.2, 0.25) is 0 Å². The number of benzene rings is 1. The van der Waals surface area contributed by atoms with Crippen LogP contribution in [0, 0.1) is 0 Å². The molecule has 1 aliphatic rings. The second-order valence-electron chi connectivity index (χ2n) is 5.05. The molecule has 0 aliphatic heterocycles. The van der Waals surface area contributed by atoms with Gasteiger partial charge in [0.2, 0.25) is 0 Å². The van der Waals surface area contributed by atoms with Gasteiger partial charge >= 0.3 is 0 Å². The highest BCUT2D eigenvalue weighted by Gasteiger charge is 2.18. The van der Waals surface area contributed by atoms with E-state index in [2.05, 4.69) is 48.4 Å². The molecule has 0 bridgehead atoms. The third-order valence-corrected chi connectivity index (χ3v) is 5.26. The van der Waals surface area contributed by atoms with Crippen molar-refractivity contribution in [2.45, 2.75) is 50.3 Å². The maximum absolute atomic E-state index is 5.70. The molecule has 100 valence electrons. The fraction of sp³-hybridized carbons (Fsp3) is 0.600. The summed E-state index contributed by atoms with van der Waals surface area (Å²) in [4.78, 5) is 0. The zero-order valence-corrected chi connectivity index (χ0v) is 12.0. The first-order valence-electron chi connectivity index (χ1n) is 7.00. The summed E-state index contributed by atoms with van der Waals surface area (Å²) in [6.45, 7) is 2.18. The Morgan fingerprint density at radius 3 is 2.50 bits per heavy atom. The molecule has 2 nitrogen and oxygen atoms in total. The van der Waals surface area contributed by atoms with Gasteiger partial charge < -0.3 is 0 Å². The third kappa shape index (κ3) is 3.74. The SMILES string of the molecule is CCc1ccc(C(CSC2CCCC2)NN)cc1. The lowest BCUT2D eigenvalue weighted by molar-refractivity contribution is 0.609. The van der Waals surface area contributed by atoms with Crippen molar-refractivity contribution in [1.29, 1.82) is 0 Å². The summed E-state index contributed by atoms with van der Waals surface area (Å²) in [5.41, 5.74) is 5.65. The molecule has 0 aromatic heterocycles. The van der Waals surface area contributed by atoms with Crippen LogP contribution < -0.4 is 11.3 Å². The quantitative estimate of drug-likeness (QED) is 0.610. The first-order valence-corrected chi connectivity index (χ1v) is 8.05. The van der Waals surface area contributed by atoms with Crippen LogP contribution in [0.25, 0.3) is 0 Å². The Bertz CT molecular complexity index is 344. The van der Waals surface area contributed by atoms with Gasteiger partial charge in [-0.15, -0.1) is 0 Å². The van der Waals surface area contributed by atoms with Gasteiger partial charge in [-0.05, 0) is 30.4 Å². The largest absolute Gasteiger partial charge is 0.271 e. The van der Waals surface area contributed by atoms with Crippen molar-refractivity contribution in [2.75, 3.05) is 5.75 Å². The highest BCUT2D eigenvalue weighted by Crippen LogP contribution is 2.31. The molecule has 3 heteroatoms. The topological polar surface area (TPSA) is 38.0 Å². The van der Waals surface area contributed by atoms with E-state index in [9.17, 15) is 0 Å². The van der Waals surface area contributed by atoms with E-state index in [-0.39, 0.29) is 6.04 Å². The molecular weight excluding hydrogens is 240 g/mol. The second-order valence-corrected chi connectivity index (χ2v) is 6.39. The number of rotatable bonds is 6. The van der Waals surface area contributed by atoms with Crippen molar-refractivity contribution >= 4 is 11.8 Å². The highest BCUT2D eigenvalue weighted by molar-refractivity contribution is 7.99. The highest BCUT2D eigenvalue weighted by atomic mass is 32.2. The van der Waals surface area contributed by atoms with Crippen molar-refractivity contribution in [3.05, 3.63) is 35.4 Å². The van der Waals surface area contributed by atoms with E-state index in [1.807, 2.05) is 0 Å². The van der Waals surface area contributed by atoms with Crippen LogP contribution in [0.5, 0.6) is 0 Å². The number of aryl methyl sites for hydroxylation is 1. The summed E-state index contributed by atoms with van der Waals surface area (Å²) in [7, 11) is 0. The van der Waals surface area contributed by atoms with E-state index >= 15 is 0 Å². The lowest BCUT2D eigenvalue weighted by Crippen LogP contribution is -2.30. The number of nitrogens with two attached hydrogens (primary N) is 1. The molecular formula is C15H24N2S. The molecule has 0 amide bonds. The Kier molecular flexibility index (Phi) is 5.54. The van der Waals surface area contributed by atoms with Gasteiger partial charge in [0, 0.05) is 11.0 Å². The normalized spacial score (nSPS) is 18.1. The van der Waals surface area contributed by atoms with E-state index < -0.39 is 0 Å². The molecule has 1 aromatic carbocycles. The van der Waals surface area contributed by atoms with Crippen LogP contribution in [0.4, 0.5) is 0 Å². The molecule has 0 radical (unpaired) electrons. The van der Waals surface area contributed by atoms with E-state index in [1.54, 1.807) is 0 Å². The Hall–Kier alpha value is -0.510. The van der Waals surface area contributed by atoms with E-state index in [0.717, 1.165) is 17.4 Å². The molecule has 1 saturated carbocycles. The summed E-state index contributed by atoms with van der Waals surface area (Å²) < 4.78 is 0. The maximum Gasteiger partial charge on any atom is 0.0550 e. The molecule has 0 heterocycles. The molecule has 3 N–H and O–H groups in total. The number of thioether (sulfide) groups is 1. The van der Waals surface area contributed by atoms with Gasteiger partial charge in [-0.1, -0.05) is 44.0 Å². The number of hydrogen-bond acceptors (Lipinski definition) is 3. The predicted octanol–water partition coefficient (Wildman–Crippen LogP) is 3.43. The number of hydrogen-bond donors (Lipinski definition) is 2. The lowest BCUT2D eigenvalue weighted by Gasteiger charge is -2.18. The van der Waals surface area contributed by atoms with Gasteiger partial charge in [0.15, 0.2) is 0 Å². The van der Waals surface area contributed by atoms with Gasteiger partial charge in [0.25, 0.3) is 0 Å². The van der Waals surface area contributed by atoms with E-state index in [4.69, 9.17) is 5.84 Å². The first-order chi connectivity index (χ1) is 8.83. The Morgan fingerprint density at radius 2 is 1.94 bits per heavy atom. The van der Waals surface area contributed by atoms with Crippen LogP contribution in [0.15, 0.2) is 24.3 Å². The summed E-state index contributed by atoms with van der Waals surface area (Å²) >= 11 is 2.08. The summed E-state index contributed by atoms with van der Waals surface area (Å²) in [6, 6.07) is 9.11. The van der Waals surface area contributed by atoms with Gasteiger partial charge in [-0.3, -0.25) is 11.3 Å². The van der Waals surface area contributed by atoms with Crippen LogP contribution in [-0.4, -0.2) is 11.0 Å². The van der Waals surface area contributed by atoms with Crippen LogP contribution in [-0.2, 0) is 6.42 Å². The van der Waals surface area contributed by atoms with Crippen LogP contribution >= 0.6 is 11.8 Å². The number of hydrazine groups is 1. The fourth-order valence-corrected chi connectivity index (χ4v) is 3.93. The third-order valence-electron chi connectivity index (χ3n) is 3.79. The van der Waals surface area contributed by atoms with Crippen molar-refractivity contribution in [2.24, 2.45) is 5.84 Å². The molecule has 1 atom stereocenters. The van der Waals surface area contributed by atoms with Crippen molar-refractivity contribution in [3.8, 4) is 0 Å². The average molecular weight is 264 g/mol.